The summed E-state index contributed by atoms with van der Waals surface area (Å²) in [5.74, 6) is -1.74. The Balaban J connectivity index is 2.03. The number of nitro benzene ring substituents is 1. The molecule has 1 N–H and O–H groups in total. The van der Waals surface area contributed by atoms with Crippen molar-refractivity contribution in [2.75, 3.05) is 7.11 Å². The number of amides is 1. The first-order valence-corrected chi connectivity index (χ1v) is 6.83. The number of rotatable bonds is 4. The summed E-state index contributed by atoms with van der Waals surface area (Å²) in [6.45, 7) is 0. The molecule has 0 bridgehead atoms. The molecule has 1 heterocycles. The van der Waals surface area contributed by atoms with Crippen molar-refractivity contribution >= 4 is 17.3 Å². The van der Waals surface area contributed by atoms with E-state index in [2.05, 4.69) is 10.3 Å². The molecule has 3 rings (SSSR count). The van der Waals surface area contributed by atoms with Gasteiger partial charge in [0.2, 0.25) is 0 Å². The van der Waals surface area contributed by atoms with Gasteiger partial charge in [0.25, 0.3) is 17.4 Å². The van der Waals surface area contributed by atoms with Crippen LogP contribution in [0.15, 0.2) is 59.6 Å². The number of aliphatic imine (C=N–C) groups is 1. The molecule has 7 heteroatoms. The molecule has 1 aliphatic heterocycles. The lowest BCUT2D eigenvalue weighted by Gasteiger charge is -2.24. The predicted octanol–water partition coefficient (Wildman–Crippen LogP) is 1.97. The Hall–Kier alpha value is -3.06. The molecule has 7 nitrogen and oxygen atoms in total. The van der Waals surface area contributed by atoms with E-state index < -0.39 is 10.8 Å². The lowest BCUT2D eigenvalue weighted by atomic mass is 10.1. The molecule has 1 unspecified atom stereocenters. The van der Waals surface area contributed by atoms with Gasteiger partial charge in [-0.15, -0.1) is 0 Å². The molecule has 0 spiro atoms. The summed E-state index contributed by atoms with van der Waals surface area (Å²) in [7, 11) is 1.42. The second-order valence-electron chi connectivity index (χ2n) is 4.93. The van der Waals surface area contributed by atoms with E-state index in [1.54, 1.807) is 12.1 Å². The highest BCUT2D eigenvalue weighted by molar-refractivity contribution is 6.46. The molecule has 0 radical (unpaired) electrons. The van der Waals surface area contributed by atoms with Crippen molar-refractivity contribution in [2.45, 2.75) is 5.85 Å². The normalized spacial score (nSPS) is 20.0. The molecule has 2 aromatic rings. The van der Waals surface area contributed by atoms with Crippen molar-refractivity contribution in [3.05, 3.63) is 75.8 Å². The van der Waals surface area contributed by atoms with Gasteiger partial charge in [0.15, 0.2) is 0 Å². The Morgan fingerprint density at radius 3 is 2.35 bits per heavy atom. The smallest absolute Gasteiger partial charge is 0.274 e. The maximum atomic E-state index is 12.3. The van der Waals surface area contributed by atoms with Crippen molar-refractivity contribution in [1.82, 2.24) is 5.32 Å². The maximum Gasteiger partial charge on any atom is 0.274 e. The van der Waals surface area contributed by atoms with Crippen LogP contribution in [0.2, 0.25) is 0 Å². The van der Waals surface area contributed by atoms with Crippen molar-refractivity contribution in [1.29, 1.82) is 0 Å². The number of hydrogen-bond donors (Lipinski definition) is 1. The van der Waals surface area contributed by atoms with Gasteiger partial charge in [0.05, 0.1) is 4.92 Å². The van der Waals surface area contributed by atoms with Crippen LogP contribution in [0.5, 0.6) is 0 Å². The number of hydrogen-bond acceptors (Lipinski definition) is 5. The number of nitrogens with zero attached hydrogens (tertiary/aromatic N) is 2. The molecule has 1 atom stereocenters. The van der Waals surface area contributed by atoms with Crippen LogP contribution in [0, 0.1) is 10.1 Å². The third-order valence-electron chi connectivity index (χ3n) is 3.58. The Labute approximate surface area is 131 Å². The van der Waals surface area contributed by atoms with E-state index >= 15 is 0 Å². The van der Waals surface area contributed by atoms with Crippen molar-refractivity contribution < 1.29 is 14.5 Å². The van der Waals surface area contributed by atoms with Gasteiger partial charge in [0, 0.05) is 30.4 Å². The van der Waals surface area contributed by atoms with E-state index in [1.165, 1.54) is 31.4 Å². The predicted molar refractivity (Wildman–Crippen MR) is 82.9 cm³/mol. The standard InChI is InChI=1S/C16H13N3O4/c1-23-16(12-7-9-13(10-8-12)19(21)22)17-14(15(20)18-16)11-5-3-2-4-6-11/h2-10H,1H3,(H,18,20). The number of methoxy groups -OCH3 is 1. The summed E-state index contributed by atoms with van der Waals surface area (Å²) in [6.07, 6.45) is 0. The number of carbonyl (C=O) groups is 1. The zero-order chi connectivity index (χ0) is 16.4. The Morgan fingerprint density at radius 2 is 1.78 bits per heavy atom. The number of nitrogens with one attached hydrogen (secondary N) is 1. The number of ether oxygens (including phenoxy) is 1. The first-order chi connectivity index (χ1) is 11.1. The van der Waals surface area contributed by atoms with Gasteiger partial charge in [0.1, 0.15) is 5.71 Å². The van der Waals surface area contributed by atoms with Gasteiger partial charge >= 0.3 is 0 Å². The second-order valence-corrected chi connectivity index (χ2v) is 4.93. The monoisotopic (exact) mass is 311 g/mol. The fourth-order valence-electron chi connectivity index (χ4n) is 2.40. The van der Waals surface area contributed by atoms with Crippen molar-refractivity contribution in [3.8, 4) is 0 Å². The summed E-state index contributed by atoms with van der Waals surface area (Å²) < 4.78 is 5.42. The van der Waals surface area contributed by atoms with E-state index in [4.69, 9.17) is 4.74 Å². The average molecular weight is 311 g/mol. The van der Waals surface area contributed by atoms with Gasteiger partial charge in [-0.05, 0) is 12.1 Å². The maximum absolute atomic E-state index is 12.3. The highest BCUT2D eigenvalue weighted by Gasteiger charge is 2.42. The highest BCUT2D eigenvalue weighted by Crippen LogP contribution is 2.30. The minimum atomic E-state index is -1.38. The van der Waals surface area contributed by atoms with Crippen LogP contribution in [0.25, 0.3) is 0 Å². The SMILES string of the molecule is COC1(c2ccc([N+](=O)[O-])cc2)N=C(c2ccccc2)C(=O)N1. The van der Waals surface area contributed by atoms with Crippen LogP contribution in [0.4, 0.5) is 5.69 Å². The number of benzene rings is 2. The topological polar surface area (TPSA) is 93.8 Å². The first-order valence-electron chi connectivity index (χ1n) is 6.83. The van der Waals surface area contributed by atoms with Crippen LogP contribution in [0.1, 0.15) is 11.1 Å². The van der Waals surface area contributed by atoms with Gasteiger partial charge in [-0.1, -0.05) is 30.3 Å². The zero-order valence-electron chi connectivity index (χ0n) is 12.2. The molecule has 0 saturated carbocycles. The molecule has 0 saturated heterocycles. The Bertz CT molecular complexity index is 787. The molecule has 2 aromatic carbocycles. The third kappa shape index (κ3) is 2.58. The molecule has 0 fully saturated rings. The Kier molecular flexibility index (Phi) is 3.63. The van der Waals surface area contributed by atoms with E-state index in [1.807, 2.05) is 18.2 Å². The van der Waals surface area contributed by atoms with Gasteiger partial charge < -0.3 is 4.74 Å². The number of nitro groups is 1. The lowest BCUT2D eigenvalue weighted by Crippen LogP contribution is -2.41. The summed E-state index contributed by atoms with van der Waals surface area (Å²) in [5, 5.41) is 13.4. The van der Waals surface area contributed by atoms with Gasteiger partial charge in [-0.3, -0.25) is 20.2 Å². The molecule has 0 aliphatic carbocycles. The van der Waals surface area contributed by atoms with E-state index in [0.717, 1.165) is 0 Å². The minimum absolute atomic E-state index is 0.0448. The Morgan fingerprint density at radius 1 is 1.13 bits per heavy atom. The molecule has 0 aromatic heterocycles. The fraction of sp³-hybridized carbons (Fsp3) is 0.125. The lowest BCUT2D eigenvalue weighted by molar-refractivity contribution is -0.384. The number of non-ortho nitro benzene ring substituents is 1. The minimum Gasteiger partial charge on any atom is -0.336 e. The molecular formula is C16H13N3O4. The fourth-order valence-corrected chi connectivity index (χ4v) is 2.40. The molecular weight excluding hydrogens is 298 g/mol. The zero-order valence-corrected chi connectivity index (χ0v) is 12.2. The quantitative estimate of drug-likeness (QED) is 0.690. The molecule has 23 heavy (non-hydrogen) atoms. The van der Waals surface area contributed by atoms with Crippen LogP contribution in [0.3, 0.4) is 0 Å². The van der Waals surface area contributed by atoms with E-state index in [0.29, 0.717) is 11.1 Å². The molecule has 1 amide bonds. The second kappa shape index (κ2) is 5.62. The van der Waals surface area contributed by atoms with Gasteiger partial charge in [-0.25, -0.2) is 4.99 Å². The molecule has 116 valence electrons. The van der Waals surface area contributed by atoms with Crippen LogP contribution >= 0.6 is 0 Å². The van der Waals surface area contributed by atoms with E-state index in [-0.39, 0.29) is 17.3 Å². The van der Waals surface area contributed by atoms with Crippen molar-refractivity contribution in [3.63, 3.8) is 0 Å². The average Bonchev–Trinajstić information content (AvgIpc) is 2.94. The van der Waals surface area contributed by atoms with Crippen LogP contribution in [-0.4, -0.2) is 23.7 Å². The summed E-state index contributed by atoms with van der Waals surface area (Å²) in [5.41, 5.74) is 1.39. The summed E-state index contributed by atoms with van der Waals surface area (Å²) in [6, 6.07) is 14.7. The summed E-state index contributed by atoms with van der Waals surface area (Å²) >= 11 is 0. The number of carbonyl (C=O) groups excluding carboxylic acids is 1. The van der Waals surface area contributed by atoms with E-state index in [9.17, 15) is 14.9 Å². The summed E-state index contributed by atoms with van der Waals surface area (Å²) in [4.78, 5) is 26.9. The van der Waals surface area contributed by atoms with Crippen LogP contribution in [-0.2, 0) is 15.4 Å². The first kappa shape index (κ1) is 14.9. The highest BCUT2D eigenvalue weighted by atomic mass is 16.6. The third-order valence-corrected chi connectivity index (χ3v) is 3.58. The van der Waals surface area contributed by atoms with Crippen molar-refractivity contribution in [2.24, 2.45) is 4.99 Å². The van der Waals surface area contributed by atoms with Crippen LogP contribution < -0.4 is 5.32 Å². The molecule has 1 aliphatic rings. The largest absolute Gasteiger partial charge is 0.336 e. The van der Waals surface area contributed by atoms with Gasteiger partial charge in [-0.2, -0.15) is 0 Å².